The molecule has 9 nitrogen and oxygen atoms in total. The van der Waals surface area contributed by atoms with E-state index in [1.165, 1.54) is 24.3 Å². The Labute approximate surface area is 125 Å². The fourth-order valence-electron chi connectivity index (χ4n) is 2.10. The van der Waals surface area contributed by atoms with Gasteiger partial charge in [-0.15, -0.1) is 0 Å². The maximum absolute atomic E-state index is 11.6. The lowest BCUT2D eigenvalue weighted by molar-refractivity contribution is -0.552. The molecule has 0 amide bonds. The molecule has 114 valence electrons. The molecule has 1 aliphatic rings. The highest BCUT2D eigenvalue weighted by molar-refractivity contribution is 7.89. The highest BCUT2D eigenvalue weighted by Crippen LogP contribution is 2.32. The predicted octanol–water partition coefficient (Wildman–Crippen LogP) is 1.96. The molecule has 1 unspecified atom stereocenters. The van der Waals surface area contributed by atoms with Gasteiger partial charge in [-0.05, 0) is 28.4 Å². The molecule has 0 saturated heterocycles. The quantitative estimate of drug-likeness (QED) is 0.296. The topological polar surface area (TPSA) is 152 Å². The van der Waals surface area contributed by atoms with Crippen molar-refractivity contribution in [3.8, 4) is 0 Å². The summed E-state index contributed by atoms with van der Waals surface area (Å²) in [5.74, 6) is 0. The largest absolute Gasteiger partial charge is 0.323 e. The molecular formula is C12H11N5O4S. The molecule has 1 aromatic carbocycles. The van der Waals surface area contributed by atoms with E-state index in [1.807, 2.05) is 0 Å². The third kappa shape index (κ3) is 2.84. The summed E-state index contributed by atoms with van der Waals surface area (Å²) in [6.07, 6.45) is 3.75. The first-order valence-electron chi connectivity index (χ1n) is 6.02. The monoisotopic (exact) mass is 321 g/mol. The smallest absolute Gasteiger partial charge is 0.263 e. The first-order valence-corrected chi connectivity index (χ1v) is 7.57. The zero-order valence-corrected chi connectivity index (χ0v) is 12.0. The van der Waals surface area contributed by atoms with E-state index in [2.05, 4.69) is 10.0 Å². The highest BCUT2D eigenvalue weighted by Gasteiger charge is 2.40. The lowest BCUT2D eigenvalue weighted by Gasteiger charge is -2.19. The lowest BCUT2D eigenvalue weighted by Crippen LogP contribution is -2.34. The third-order valence-electron chi connectivity index (χ3n) is 3.19. The Balaban J connectivity index is 2.48. The summed E-state index contributed by atoms with van der Waals surface area (Å²) in [6.45, 7) is 0. The van der Waals surface area contributed by atoms with Crippen molar-refractivity contribution in [2.24, 2.45) is 10.3 Å². The Bertz CT molecular complexity index is 835. The van der Waals surface area contributed by atoms with Gasteiger partial charge in [-0.1, -0.05) is 30.4 Å². The van der Waals surface area contributed by atoms with Crippen molar-refractivity contribution in [3.05, 3.63) is 68.6 Å². The average molecular weight is 321 g/mol. The Hall–Kier alpha value is -2.68. The molecule has 0 heterocycles. The van der Waals surface area contributed by atoms with Crippen LogP contribution in [0.5, 0.6) is 0 Å². The molecule has 2 N–H and O–H groups in total. The fourth-order valence-corrected chi connectivity index (χ4v) is 2.86. The molecule has 1 aliphatic carbocycles. The minimum atomic E-state index is -3.93. The summed E-state index contributed by atoms with van der Waals surface area (Å²) in [7, 11) is -3.93. The standard InChI is InChI=1S/C12H11N5O4S/c13-16-15-12(17(18)19)7-5-9(6-8-12)10-3-1-2-4-11(10)22(14,20)21/h1-7H,8H2,(H2,14,20,21). The van der Waals surface area contributed by atoms with Gasteiger partial charge >= 0.3 is 5.66 Å². The van der Waals surface area contributed by atoms with Crippen LogP contribution in [0.3, 0.4) is 0 Å². The number of primary sulfonamides is 1. The van der Waals surface area contributed by atoms with Crippen LogP contribution in [0.15, 0.2) is 52.5 Å². The highest BCUT2D eigenvalue weighted by atomic mass is 32.2. The van der Waals surface area contributed by atoms with E-state index in [-0.39, 0.29) is 11.3 Å². The molecule has 22 heavy (non-hydrogen) atoms. The first-order chi connectivity index (χ1) is 10.3. The minimum absolute atomic E-state index is 0.0803. The number of nitro groups is 1. The van der Waals surface area contributed by atoms with Gasteiger partial charge in [-0.25, -0.2) is 13.6 Å². The summed E-state index contributed by atoms with van der Waals surface area (Å²) in [4.78, 5) is 12.8. The van der Waals surface area contributed by atoms with Gasteiger partial charge in [-0.3, -0.25) is 10.1 Å². The number of azide groups is 1. The van der Waals surface area contributed by atoms with Crippen LogP contribution < -0.4 is 5.14 Å². The molecule has 0 bridgehead atoms. The van der Waals surface area contributed by atoms with Gasteiger partial charge in [-0.2, -0.15) is 0 Å². The molecule has 1 aromatic rings. The molecule has 0 fully saturated rings. The van der Waals surface area contributed by atoms with Crippen LogP contribution in [-0.4, -0.2) is 19.0 Å². The van der Waals surface area contributed by atoms with Crippen molar-refractivity contribution < 1.29 is 13.3 Å². The van der Waals surface area contributed by atoms with Crippen molar-refractivity contribution in [1.29, 1.82) is 0 Å². The molecule has 0 aliphatic heterocycles. The first kappa shape index (κ1) is 15.7. The van der Waals surface area contributed by atoms with Crippen LogP contribution in [0.2, 0.25) is 0 Å². The van der Waals surface area contributed by atoms with E-state index in [0.29, 0.717) is 11.1 Å². The van der Waals surface area contributed by atoms with Gasteiger partial charge in [0.05, 0.1) is 4.90 Å². The Kier molecular flexibility index (Phi) is 4.00. The normalized spacial score (nSPS) is 20.9. The van der Waals surface area contributed by atoms with Crippen LogP contribution in [-0.2, 0) is 10.0 Å². The summed E-state index contributed by atoms with van der Waals surface area (Å²) in [5.41, 5.74) is 7.36. The molecule has 10 heteroatoms. The molecule has 0 aromatic heterocycles. The second-order valence-corrected chi connectivity index (χ2v) is 6.09. The van der Waals surface area contributed by atoms with Crippen molar-refractivity contribution in [2.45, 2.75) is 17.0 Å². The van der Waals surface area contributed by atoms with E-state index in [4.69, 9.17) is 10.7 Å². The van der Waals surface area contributed by atoms with E-state index >= 15 is 0 Å². The predicted molar refractivity (Wildman–Crippen MR) is 78.4 cm³/mol. The number of nitrogens with zero attached hydrogens (tertiary/aromatic N) is 4. The number of nitrogens with two attached hydrogens (primary N) is 1. The second-order valence-electron chi connectivity index (χ2n) is 4.56. The van der Waals surface area contributed by atoms with E-state index in [1.54, 1.807) is 12.1 Å². The Morgan fingerprint density at radius 2 is 2.09 bits per heavy atom. The van der Waals surface area contributed by atoms with Gasteiger partial charge in [0.1, 0.15) is 0 Å². The molecule has 0 spiro atoms. The van der Waals surface area contributed by atoms with Crippen molar-refractivity contribution in [3.63, 3.8) is 0 Å². The van der Waals surface area contributed by atoms with E-state index in [9.17, 15) is 18.5 Å². The number of sulfonamides is 1. The Morgan fingerprint density at radius 3 is 2.59 bits per heavy atom. The third-order valence-corrected chi connectivity index (χ3v) is 4.16. The van der Waals surface area contributed by atoms with Gasteiger partial charge in [0.2, 0.25) is 10.0 Å². The molecular weight excluding hydrogens is 310 g/mol. The van der Waals surface area contributed by atoms with Crippen LogP contribution in [0, 0.1) is 10.1 Å². The summed E-state index contributed by atoms with van der Waals surface area (Å²) < 4.78 is 23.2. The number of benzene rings is 1. The molecule has 0 saturated carbocycles. The maximum atomic E-state index is 11.6. The van der Waals surface area contributed by atoms with E-state index in [0.717, 1.165) is 6.08 Å². The number of allylic oxidation sites excluding steroid dienone is 2. The van der Waals surface area contributed by atoms with Crippen molar-refractivity contribution >= 4 is 15.6 Å². The van der Waals surface area contributed by atoms with Crippen molar-refractivity contribution in [1.82, 2.24) is 0 Å². The summed E-state index contributed by atoms with van der Waals surface area (Å²) >= 11 is 0. The SMILES string of the molecule is [N-]=[N+]=NC1([N+](=O)[O-])C=CC(c2ccccc2S(N)(=O)=O)=CC1. The minimum Gasteiger partial charge on any atom is -0.263 e. The maximum Gasteiger partial charge on any atom is 0.323 e. The van der Waals surface area contributed by atoms with Gasteiger partial charge in [0.25, 0.3) is 0 Å². The van der Waals surface area contributed by atoms with Gasteiger partial charge in [0.15, 0.2) is 0 Å². The van der Waals surface area contributed by atoms with Crippen LogP contribution in [0.1, 0.15) is 12.0 Å². The Morgan fingerprint density at radius 1 is 1.41 bits per heavy atom. The molecule has 1 atom stereocenters. The summed E-state index contributed by atoms with van der Waals surface area (Å²) in [6, 6.07) is 6.05. The van der Waals surface area contributed by atoms with Crippen LogP contribution in [0.25, 0.3) is 16.0 Å². The van der Waals surface area contributed by atoms with Crippen LogP contribution >= 0.6 is 0 Å². The fraction of sp³-hybridized carbons (Fsp3) is 0.167. The zero-order valence-electron chi connectivity index (χ0n) is 11.2. The molecule has 0 radical (unpaired) electrons. The number of rotatable bonds is 4. The number of hydrogen-bond acceptors (Lipinski definition) is 5. The van der Waals surface area contributed by atoms with Crippen molar-refractivity contribution in [2.75, 3.05) is 0 Å². The second kappa shape index (κ2) is 5.60. The zero-order chi connectivity index (χ0) is 16.4. The summed E-state index contributed by atoms with van der Waals surface area (Å²) in [5, 5.41) is 19.5. The van der Waals surface area contributed by atoms with Gasteiger partial charge in [0, 0.05) is 21.8 Å². The molecule has 2 rings (SSSR count). The lowest BCUT2D eigenvalue weighted by atomic mass is 9.94. The van der Waals surface area contributed by atoms with Gasteiger partial charge < -0.3 is 0 Å². The van der Waals surface area contributed by atoms with E-state index < -0.39 is 20.6 Å². The van der Waals surface area contributed by atoms with Crippen LogP contribution in [0.4, 0.5) is 0 Å². The number of hydrogen-bond donors (Lipinski definition) is 1. The average Bonchev–Trinajstić information content (AvgIpc) is 2.47.